The van der Waals surface area contributed by atoms with E-state index in [2.05, 4.69) is 31.7 Å². The van der Waals surface area contributed by atoms with Crippen molar-refractivity contribution in [1.29, 1.82) is 0 Å². The topological polar surface area (TPSA) is 84.2 Å². The normalized spacial score (nSPS) is 11.2. The summed E-state index contributed by atoms with van der Waals surface area (Å²) in [5, 5.41) is 9.06. The number of benzene rings is 1. The Kier molecular flexibility index (Phi) is 4.89. The van der Waals surface area contributed by atoms with Gasteiger partial charge in [0.1, 0.15) is 11.2 Å². The van der Waals surface area contributed by atoms with Crippen molar-refractivity contribution in [2.45, 2.75) is 27.7 Å². The highest BCUT2D eigenvalue weighted by atomic mass is 79.9. The van der Waals surface area contributed by atoms with Crippen LogP contribution in [0.4, 0.5) is 11.5 Å². The van der Waals surface area contributed by atoms with Gasteiger partial charge < -0.3 is 15.2 Å². The number of nitrogens with zero attached hydrogens (tertiary/aromatic N) is 1. The van der Waals surface area contributed by atoms with Crippen LogP contribution in [0.5, 0.6) is 0 Å². The van der Waals surface area contributed by atoms with Crippen molar-refractivity contribution in [2.75, 3.05) is 10.6 Å². The highest BCUT2D eigenvalue weighted by Crippen LogP contribution is 2.24. The largest absolute Gasteiger partial charge is 0.360 e. The van der Waals surface area contributed by atoms with Crippen LogP contribution < -0.4 is 10.6 Å². The fourth-order valence-corrected chi connectivity index (χ4v) is 2.32. The number of hydrogen-bond acceptors (Lipinski definition) is 4. The first-order valence-electron chi connectivity index (χ1n) is 7.02. The van der Waals surface area contributed by atoms with Crippen molar-refractivity contribution < 1.29 is 14.1 Å². The molecule has 0 radical (unpaired) electrons. The molecule has 0 saturated carbocycles. The molecule has 23 heavy (non-hydrogen) atoms. The van der Waals surface area contributed by atoms with Gasteiger partial charge >= 0.3 is 0 Å². The minimum absolute atomic E-state index is 0.285. The van der Waals surface area contributed by atoms with Gasteiger partial charge in [0, 0.05) is 16.2 Å². The molecular formula is C16H18BrN3O3. The Morgan fingerprint density at radius 3 is 2.35 bits per heavy atom. The summed E-state index contributed by atoms with van der Waals surface area (Å²) in [4.78, 5) is 24.8. The van der Waals surface area contributed by atoms with E-state index in [0.29, 0.717) is 11.4 Å². The van der Waals surface area contributed by atoms with Gasteiger partial charge in [-0.1, -0.05) is 21.1 Å². The molecule has 2 N–H and O–H groups in total. The Morgan fingerprint density at radius 1 is 1.13 bits per heavy atom. The highest BCUT2D eigenvalue weighted by molar-refractivity contribution is 9.10. The third-order valence-electron chi connectivity index (χ3n) is 3.44. The Balaban J connectivity index is 2.11. The van der Waals surface area contributed by atoms with E-state index in [1.54, 1.807) is 32.9 Å². The average molecular weight is 380 g/mol. The Bertz CT molecular complexity index is 753. The lowest BCUT2D eigenvalue weighted by Gasteiger charge is -2.22. The first-order valence-corrected chi connectivity index (χ1v) is 7.82. The van der Waals surface area contributed by atoms with E-state index in [-0.39, 0.29) is 5.82 Å². The van der Waals surface area contributed by atoms with E-state index in [1.165, 1.54) is 0 Å². The number of rotatable bonds is 4. The fourth-order valence-electron chi connectivity index (χ4n) is 1.85. The van der Waals surface area contributed by atoms with Crippen molar-refractivity contribution in [2.24, 2.45) is 5.41 Å². The number of amides is 2. The minimum atomic E-state index is -1.27. The second kappa shape index (κ2) is 6.54. The van der Waals surface area contributed by atoms with Gasteiger partial charge in [-0.25, -0.2) is 0 Å². The molecule has 0 atom stereocenters. The smallest absolute Gasteiger partial charge is 0.240 e. The van der Waals surface area contributed by atoms with Gasteiger partial charge in [-0.3, -0.25) is 9.59 Å². The second-order valence-corrected chi connectivity index (χ2v) is 6.73. The molecule has 1 aromatic heterocycles. The molecule has 0 spiro atoms. The van der Waals surface area contributed by atoms with Gasteiger partial charge in [0.2, 0.25) is 11.8 Å². The Hall–Kier alpha value is -2.15. The molecule has 0 bridgehead atoms. The maximum atomic E-state index is 12.5. The number of halogens is 1. The van der Waals surface area contributed by atoms with Crippen molar-refractivity contribution in [3.63, 3.8) is 0 Å². The van der Waals surface area contributed by atoms with Crippen molar-refractivity contribution in [3.8, 4) is 0 Å². The van der Waals surface area contributed by atoms with E-state index < -0.39 is 17.2 Å². The second-order valence-electron chi connectivity index (χ2n) is 5.82. The summed E-state index contributed by atoms with van der Waals surface area (Å²) in [6.07, 6.45) is 0. The molecule has 0 aliphatic heterocycles. The van der Waals surface area contributed by atoms with E-state index in [1.807, 2.05) is 19.1 Å². The first kappa shape index (κ1) is 17.2. The summed E-state index contributed by atoms with van der Waals surface area (Å²) in [6.45, 7) is 6.71. The summed E-state index contributed by atoms with van der Waals surface area (Å²) < 4.78 is 5.81. The maximum Gasteiger partial charge on any atom is 0.240 e. The molecular weight excluding hydrogens is 362 g/mol. The lowest BCUT2D eigenvalue weighted by Crippen LogP contribution is -2.41. The maximum absolute atomic E-state index is 12.5. The number of carbonyl (C=O) groups excluding carboxylic acids is 2. The van der Waals surface area contributed by atoms with Crippen molar-refractivity contribution in [3.05, 3.63) is 40.1 Å². The van der Waals surface area contributed by atoms with Crippen LogP contribution in [0.2, 0.25) is 0 Å². The molecule has 1 aromatic carbocycles. The number of anilines is 2. The standard InChI is InChI=1S/C16H18BrN3O3/c1-9-7-11(17)5-6-12(9)18-14(21)16(3,4)15(22)19-13-8-10(2)23-20-13/h5-8H,1-4H3,(H,18,21)(H,19,20,22). The molecule has 2 aromatic rings. The zero-order valence-electron chi connectivity index (χ0n) is 13.4. The molecule has 122 valence electrons. The summed E-state index contributed by atoms with van der Waals surface area (Å²) in [5.41, 5.74) is 0.291. The zero-order chi connectivity index (χ0) is 17.2. The molecule has 0 unspecified atom stereocenters. The molecule has 2 rings (SSSR count). The van der Waals surface area contributed by atoms with Crippen LogP contribution in [0.15, 0.2) is 33.3 Å². The first-order chi connectivity index (χ1) is 10.7. The predicted molar refractivity (Wildman–Crippen MR) is 91.2 cm³/mol. The number of aryl methyl sites for hydroxylation is 2. The predicted octanol–water partition coefficient (Wildman–Crippen LogP) is 3.66. The van der Waals surface area contributed by atoms with Crippen LogP contribution in [-0.2, 0) is 9.59 Å². The molecule has 0 fully saturated rings. The molecule has 6 nitrogen and oxygen atoms in total. The summed E-state index contributed by atoms with van der Waals surface area (Å²) in [6, 6.07) is 7.09. The number of hydrogen-bond donors (Lipinski definition) is 2. The monoisotopic (exact) mass is 379 g/mol. The van der Waals surface area contributed by atoms with E-state index in [9.17, 15) is 9.59 Å². The lowest BCUT2D eigenvalue weighted by atomic mass is 9.90. The molecule has 0 saturated heterocycles. The number of carbonyl (C=O) groups is 2. The molecule has 1 heterocycles. The van der Waals surface area contributed by atoms with Crippen LogP contribution in [0.1, 0.15) is 25.2 Å². The van der Waals surface area contributed by atoms with Crippen LogP contribution in [-0.4, -0.2) is 17.0 Å². The van der Waals surface area contributed by atoms with E-state index in [4.69, 9.17) is 4.52 Å². The lowest BCUT2D eigenvalue weighted by molar-refractivity contribution is -0.135. The summed E-state index contributed by atoms with van der Waals surface area (Å²) >= 11 is 3.37. The van der Waals surface area contributed by atoms with Gasteiger partial charge in [-0.2, -0.15) is 0 Å². The Morgan fingerprint density at radius 2 is 1.78 bits per heavy atom. The summed E-state index contributed by atoms with van der Waals surface area (Å²) in [5.74, 6) is -0.0000498. The van der Waals surface area contributed by atoms with Crippen molar-refractivity contribution in [1.82, 2.24) is 5.16 Å². The van der Waals surface area contributed by atoms with Gasteiger partial charge in [-0.15, -0.1) is 0 Å². The third-order valence-corrected chi connectivity index (χ3v) is 3.93. The van der Waals surface area contributed by atoms with Crippen LogP contribution in [0.3, 0.4) is 0 Å². The molecule has 7 heteroatoms. The third kappa shape index (κ3) is 3.98. The van der Waals surface area contributed by atoms with E-state index in [0.717, 1.165) is 10.0 Å². The van der Waals surface area contributed by atoms with Gasteiger partial charge in [-0.05, 0) is 51.5 Å². The summed E-state index contributed by atoms with van der Waals surface area (Å²) in [7, 11) is 0. The van der Waals surface area contributed by atoms with E-state index >= 15 is 0 Å². The molecule has 0 aliphatic rings. The molecule has 0 aliphatic carbocycles. The average Bonchev–Trinajstić information content (AvgIpc) is 2.87. The highest BCUT2D eigenvalue weighted by Gasteiger charge is 2.36. The van der Waals surface area contributed by atoms with Gasteiger partial charge in [0.15, 0.2) is 5.82 Å². The number of nitrogens with one attached hydrogen (secondary N) is 2. The Labute approximate surface area is 142 Å². The molecule has 2 amide bonds. The quantitative estimate of drug-likeness (QED) is 0.793. The minimum Gasteiger partial charge on any atom is -0.360 e. The zero-order valence-corrected chi connectivity index (χ0v) is 14.9. The van der Waals surface area contributed by atoms with Gasteiger partial charge in [0.05, 0.1) is 0 Å². The van der Waals surface area contributed by atoms with Crippen LogP contribution in [0.25, 0.3) is 0 Å². The van der Waals surface area contributed by atoms with Crippen molar-refractivity contribution >= 4 is 39.2 Å². The SMILES string of the molecule is Cc1cc(NC(=O)C(C)(C)C(=O)Nc2ccc(Br)cc2C)no1. The van der Waals surface area contributed by atoms with Crippen LogP contribution >= 0.6 is 15.9 Å². The number of aromatic nitrogens is 1. The van der Waals surface area contributed by atoms with Gasteiger partial charge in [0.25, 0.3) is 0 Å². The fraction of sp³-hybridized carbons (Fsp3) is 0.312. The van der Waals surface area contributed by atoms with Crippen LogP contribution in [0, 0.1) is 19.3 Å².